The predicted octanol–water partition coefficient (Wildman–Crippen LogP) is 2.94. The Hall–Kier alpha value is -3.60. The average molecular weight is 663 g/mol. The highest BCUT2D eigenvalue weighted by Gasteiger charge is 2.66. The second-order valence-electron chi connectivity index (χ2n) is 14.8. The number of nitrogens with one attached hydrogen (secondary N) is 2. The lowest BCUT2D eigenvalue weighted by Crippen LogP contribution is -2.60. The molecule has 1 aromatic heterocycles. The summed E-state index contributed by atoms with van der Waals surface area (Å²) in [4.78, 5) is 61.8. The number of hydrogen-bond acceptors (Lipinski definition) is 7. The van der Waals surface area contributed by atoms with Crippen LogP contribution < -0.4 is 15.4 Å². The van der Waals surface area contributed by atoms with Crippen LogP contribution >= 0.6 is 11.6 Å². The minimum absolute atomic E-state index is 0.0520. The molecule has 3 aliphatic heterocycles. The number of anilines is 1. The zero-order valence-electron chi connectivity index (χ0n) is 25.4. The number of amides is 4. The van der Waals surface area contributed by atoms with Crippen LogP contribution in [0.5, 0.6) is 5.75 Å². The first-order valence-corrected chi connectivity index (χ1v) is 15.9. The molecule has 46 heavy (non-hydrogen) atoms. The summed E-state index contributed by atoms with van der Waals surface area (Å²) in [7, 11) is 0. The molecule has 1 aromatic rings. The van der Waals surface area contributed by atoms with Crippen molar-refractivity contribution in [1.29, 1.82) is 5.26 Å². The summed E-state index contributed by atoms with van der Waals surface area (Å²) in [5, 5.41) is 15.6. The van der Waals surface area contributed by atoms with Crippen molar-refractivity contribution in [3.05, 3.63) is 17.3 Å². The Kier molecular flexibility index (Phi) is 6.88. The Morgan fingerprint density at radius 2 is 1.93 bits per heavy atom. The smallest absolute Gasteiger partial charge is 0.271 e. The fraction of sp³-hybridized carbons (Fsp3) is 0.677. The summed E-state index contributed by atoms with van der Waals surface area (Å²) < 4.78 is 48.8. The molecule has 4 amide bonds. The molecule has 4 heterocycles. The van der Waals surface area contributed by atoms with Crippen molar-refractivity contribution in [3.63, 3.8) is 0 Å². The first kappa shape index (κ1) is 31.0. The van der Waals surface area contributed by atoms with Crippen LogP contribution in [0, 0.1) is 46.3 Å². The third-order valence-corrected chi connectivity index (χ3v) is 11.1. The summed E-state index contributed by atoms with van der Waals surface area (Å²) in [6, 6.07) is 0.0117. The lowest BCUT2D eigenvalue weighted by Gasteiger charge is -2.39. The van der Waals surface area contributed by atoms with E-state index < -0.39 is 89.0 Å². The second-order valence-corrected chi connectivity index (χ2v) is 15.2. The van der Waals surface area contributed by atoms with Gasteiger partial charge in [-0.3, -0.25) is 19.2 Å². The van der Waals surface area contributed by atoms with Crippen LogP contribution in [0.1, 0.15) is 46.5 Å². The molecule has 11 nitrogen and oxygen atoms in total. The van der Waals surface area contributed by atoms with Crippen molar-refractivity contribution in [1.82, 2.24) is 20.1 Å². The number of alkyl halides is 3. The maximum Gasteiger partial charge on any atom is 0.271 e. The number of rotatable bonds is 4. The molecule has 3 aliphatic carbocycles. The highest BCUT2D eigenvalue weighted by atomic mass is 35.5. The Labute approximate surface area is 268 Å². The fourth-order valence-electron chi connectivity index (χ4n) is 8.50. The molecule has 10 unspecified atom stereocenters. The number of carbonyl (C=O) groups is 4. The third-order valence-electron chi connectivity index (χ3n) is 10.9. The summed E-state index contributed by atoms with van der Waals surface area (Å²) in [5.41, 5.74) is -2.57. The lowest BCUT2D eigenvalue weighted by molar-refractivity contribution is -0.150. The van der Waals surface area contributed by atoms with Gasteiger partial charge in [-0.1, -0.05) is 32.4 Å². The van der Waals surface area contributed by atoms with Crippen molar-refractivity contribution in [2.75, 3.05) is 18.4 Å². The largest absolute Gasteiger partial charge is 0.471 e. The van der Waals surface area contributed by atoms with Gasteiger partial charge in [-0.15, -0.1) is 0 Å². The first-order valence-electron chi connectivity index (χ1n) is 15.5. The SMILES string of the molecule is CC(C)(C)C(NC(=O)C1CC1(F)F)C(=O)N1CC2C3CC(F)C(C3)C2C1C(=O)N1CC2(CC1C#N)Oc1cc(Cl)cnc1NC2=O. The predicted molar refractivity (Wildman–Crippen MR) is 155 cm³/mol. The van der Waals surface area contributed by atoms with Crippen molar-refractivity contribution in [3.8, 4) is 11.8 Å². The summed E-state index contributed by atoms with van der Waals surface area (Å²) in [6.07, 6.45) is 0.293. The molecule has 2 bridgehead atoms. The molecular formula is C31H34ClF3N6O5. The molecule has 2 saturated heterocycles. The van der Waals surface area contributed by atoms with Gasteiger partial charge in [0, 0.05) is 31.6 Å². The highest BCUT2D eigenvalue weighted by Crippen LogP contribution is 2.59. The van der Waals surface area contributed by atoms with Crippen LogP contribution in [0.25, 0.3) is 0 Å². The van der Waals surface area contributed by atoms with E-state index in [0.29, 0.717) is 12.8 Å². The summed E-state index contributed by atoms with van der Waals surface area (Å²) in [5.74, 6) is -8.41. The third kappa shape index (κ3) is 4.71. The normalized spacial score (nSPS) is 37.2. The van der Waals surface area contributed by atoms with E-state index in [9.17, 15) is 33.2 Å². The number of pyridine rings is 1. The van der Waals surface area contributed by atoms with Gasteiger partial charge >= 0.3 is 0 Å². The minimum Gasteiger partial charge on any atom is -0.471 e. The number of halogens is 4. The Morgan fingerprint density at radius 3 is 2.59 bits per heavy atom. The molecule has 246 valence electrons. The molecule has 0 radical (unpaired) electrons. The van der Waals surface area contributed by atoms with Crippen LogP contribution in [-0.4, -0.2) is 87.3 Å². The van der Waals surface area contributed by atoms with E-state index in [1.54, 1.807) is 20.8 Å². The topological polar surface area (TPSA) is 145 Å². The standard InChI is InChI=1S/C31H34ClF3N6O5/c1-29(2,3)23(38-25(42)18-8-31(18,34)35)27(44)40-11-17-13-4-16(19(33)5-13)21(17)22(40)26(43)41-12-30(7-15(41)9-36)28(45)39-24-20(46-30)6-14(32)10-37-24/h6,10,13,15-19,21-23H,4-5,7-8,11-12H2,1-3H3,(H,38,42)(H,37,39,45). The van der Waals surface area contributed by atoms with Crippen LogP contribution in [0.2, 0.25) is 5.02 Å². The van der Waals surface area contributed by atoms with Crippen LogP contribution in [0.4, 0.5) is 19.0 Å². The molecule has 15 heteroatoms. The Bertz CT molecular complexity index is 1580. The Balaban J connectivity index is 1.21. The molecular weight excluding hydrogens is 629 g/mol. The zero-order valence-corrected chi connectivity index (χ0v) is 26.2. The molecule has 7 rings (SSSR count). The molecule has 10 atom stereocenters. The number of hydrogen-bond donors (Lipinski definition) is 2. The maximum absolute atomic E-state index is 15.2. The molecule has 6 aliphatic rings. The highest BCUT2D eigenvalue weighted by molar-refractivity contribution is 6.30. The van der Waals surface area contributed by atoms with Gasteiger partial charge < -0.3 is 25.2 Å². The van der Waals surface area contributed by atoms with E-state index in [1.807, 2.05) is 0 Å². The van der Waals surface area contributed by atoms with Gasteiger partial charge in [-0.2, -0.15) is 5.26 Å². The number of aromatic nitrogens is 1. The number of nitriles is 1. The van der Waals surface area contributed by atoms with Gasteiger partial charge in [0.15, 0.2) is 11.6 Å². The van der Waals surface area contributed by atoms with Crippen LogP contribution in [0.15, 0.2) is 12.3 Å². The van der Waals surface area contributed by atoms with E-state index in [2.05, 4.69) is 21.7 Å². The van der Waals surface area contributed by atoms with Gasteiger partial charge in [0.25, 0.3) is 11.8 Å². The van der Waals surface area contributed by atoms with E-state index in [4.69, 9.17) is 16.3 Å². The minimum atomic E-state index is -3.14. The number of nitrogens with zero attached hydrogens (tertiary/aromatic N) is 4. The quantitative estimate of drug-likeness (QED) is 0.505. The van der Waals surface area contributed by atoms with E-state index >= 15 is 4.39 Å². The monoisotopic (exact) mass is 662 g/mol. The number of fused-ring (bicyclic) bond motifs is 6. The van der Waals surface area contributed by atoms with E-state index in [1.165, 1.54) is 22.1 Å². The summed E-state index contributed by atoms with van der Waals surface area (Å²) >= 11 is 6.09. The Morgan fingerprint density at radius 1 is 1.22 bits per heavy atom. The molecule has 3 saturated carbocycles. The van der Waals surface area contributed by atoms with Crippen LogP contribution in [0.3, 0.4) is 0 Å². The molecule has 5 fully saturated rings. The number of carbonyl (C=O) groups excluding carboxylic acids is 4. The van der Waals surface area contributed by atoms with Crippen molar-refractivity contribution in [2.45, 2.75) is 82.3 Å². The van der Waals surface area contributed by atoms with Crippen LogP contribution in [-0.2, 0) is 19.2 Å². The van der Waals surface area contributed by atoms with Gasteiger partial charge in [0.2, 0.25) is 23.3 Å². The fourth-order valence-corrected chi connectivity index (χ4v) is 8.65. The summed E-state index contributed by atoms with van der Waals surface area (Å²) in [6.45, 7) is 4.86. The molecule has 2 N–H and O–H groups in total. The lowest BCUT2D eigenvalue weighted by atomic mass is 9.77. The van der Waals surface area contributed by atoms with E-state index in [0.717, 1.165) is 0 Å². The average Bonchev–Trinajstić information content (AvgIpc) is 3.43. The zero-order chi connectivity index (χ0) is 33.1. The van der Waals surface area contributed by atoms with Gasteiger partial charge in [0.05, 0.1) is 17.6 Å². The number of ether oxygens (including phenoxy) is 1. The van der Waals surface area contributed by atoms with Crippen molar-refractivity contribution >= 4 is 41.0 Å². The van der Waals surface area contributed by atoms with Gasteiger partial charge in [0.1, 0.15) is 30.2 Å². The second kappa shape index (κ2) is 10.2. The van der Waals surface area contributed by atoms with Crippen molar-refractivity contribution < 1.29 is 37.1 Å². The van der Waals surface area contributed by atoms with Crippen molar-refractivity contribution in [2.24, 2.45) is 35.0 Å². The maximum atomic E-state index is 15.2. The van der Waals surface area contributed by atoms with Gasteiger partial charge in [-0.05, 0) is 41.9 Å². The van der Waals surface area contributed by atoms with Gasteiger partial charge in [-0.25, -0.2) is 18.2 Å². The molecule has 1 spiro atoms. The number of likely N-dealkylation sites (tertiary alicyclic amines) is 2. The van der Waals surface area contributed by atoms with E-state index in [-0.39, 0.29) is 47.9 Å². The first-order chi connectivity index (χ1) is 21.5. The molecule has 0 aromatic carbocycles.